The van der Waals surface area contributed by atoms with E-state index < -0.39 is 34.2 Å². The second kappa shape index (κ2) is 8.47. The number of rotatable bonds is 7. The van der Waals surface area contributed by atoms with Crippen molar-refractivity contribution in [3.63, 3.8) is 0 Å². The predicted octanol–water partition coefficient (Wildman–Crippen LogP) is 1.35. The van der Waals surface area contributed by atoms with Gasteiger partial charge in [0.25, 0.3) is 10.2 Å². The standard InChI is InChI=1S/C20H30FN5O5S/c1-12-6-16(24-32(29,30)25(2)3)17(26(12)19(27)28)11-31-15-4-5-20(8-13(20)7-15)18-22-9-14(21)10-23-18/h9-10,12-13,15-17,24H,4-8,11H2,1-3H3,(H,27,28)/t12-,13?,15?,16+,17+,20?/m1/s1. The first kappa shape index (κ1) is 23.3. The van der Waals surface area contributed by atoms with Gasteiger partial charge in [-0.3, -0.25) is 4.90 Å². The SMILES string of the molecule is C[C@@H]1C[C@H](NS(=O)(=O)N(C)C)[C@H](COC2CCC3(c4ncc(F)cn4)CC3C2)N1C(=O)O. The van der Waals surface area contributed by atoms with Gasteiger partial charge in [0, 0.05) is 31.6 Å². The number of nitrogens with zero attached hydrogens (tertiary/aromatic N) is 4. The van der Waals surface area contributed by atoms with Crippen LogP contribution in [0.4, 0.5) is 9.18 Å². The zero-order valence-electron chi connectivity index (χ0n) is 18.4. The summed E-state index contributed by atoms with van der Waals surface area (Å²) < 4.78 is 47.7. The molecular weight excluding hydrogens is 441 g/mol. The van der Waals surface area contributed by atoms with E-state index in [0.29, 0.717) is 18.2 Å². The van der Waals surface area contributed by atoms with Crippen LogP contribution in [-0.4, -0.2) is 83.7 Å². The molecule has 3 aliphatic rings. The number of nitrogens with one attached hydrogen (secondary N) is 1. The molecule has 0 bridgehead atoms. The Kier molecular flexibility index (Phi) is 6.16. The number of fused-ring (bicyclic) bond motifs is 1. The van der Waals surface area contributed by atoms with Gasteiger partial charge in [0.05, 0.1) is 31.1 Å². The van der Waals surface area contributed by atoms with Crippen molar-refractivity contribution in [2.75, 3.05) is 20.7 Å². The van der Waals surface area contributed by atoms with Gasteiger partial charge in [-0.1, -0.05) is 0 Å². The number of hydrogen-bond donors (Lipinski definition) is 2. The molecule has 2 N–H and O–H groups in total. The summed E-state index contributed by atoms with van der Waals surface area (Å²) in [6.45, 7) is 1.89. The van der Waals surface area contributed by atoms with Crippen LogP contribution in [0.3, 0.4) is 0 Å². The molecule has 10 nitrogen and oxygen atoms in total. The fourth-order valence-corrected chi connectivity index (χ4v) is 6.15. The predicted molar refractivity (Wildman–Crippen MR) is 113 cm³/mol. The summed E-state index contributed by atoms with van der Waals surface area (Å²) in [6.07, 6.45) is 4.97. The van der Waals surface area contributed by atoms with Gasteiger partial charge in [-0.15, -0.1) is 0 Å². The lowest BCUT2D eigenvalue weighted by Crippen LogP contribution is -2.52. The summed E-state index contributed by atoms with van der Waals surface area (Å²) in [7, 11) is -0.854. The summed E-state index contributed by atoms with van der Waals surface area (Å²) in [5.41, 5.74) is -0.105. The molecular formula is C20H30FN5O5S. The lowest BCUT2D eigenvalue weighted by molar-refractivity contribution is -0.00880. The Balaban J connectivity index is 1.39. The first-order valence-corrected chi connectivity index (χ1v) is 12.3. The summed E-state index contributed by atoms with van der Waals surface area (Å²) in [6, 6.07) is -1.50. The molecule has 2 saturated carbocycles. The van der Waals surface area contributed by atoms with E-state index in [-0.39, 0.29) is 24.2 Å². The maximum absolute atomic E-state index is 13.2. The summed E-state index contributed by atoms with van der Waals surface area (Å²) in [5, 5.41) is 9.69. The second-order valence-electron chi connectivity index (χ2n) is 9.37. The molecule has 6 atom stereocenters. The van der Waals surface area contributed by atoms with Crippen molar-refractivity contribution in [2.24, 2.45) is 5.92 Å². The van der Waals surface area contributed by atoms with Crippen molar-refractivity contribution in [1.82, 2.24) is 23.9 Å². The minimum absolute atomic E-state index is 0.0475. The Morgan fingerprint density at radius 3 is 2.66 bits per heavy atom. The van der Waals surface area contributed by atoms with Crippen LogP contribution in [0.1, 0.15) is 44.9 Å². The highest BCUT2D eigenvalue weighted by Crippen LogP contribution is 2.61. The fraction of sp³-hybridized carbons (Fsp3) is 0.750. The molecule has 3 unspecified atom stereocenters. The Morgan fingerprint density at radius 2 is 2.06 bits per heavy atom. The molecule has 0 aromatic carbocycles. The number of carboxylic acid groups (broad SMARTS) is 1. The number of aromatic nitrogens is 2. The van der Waals surface area contributed by atoms with E-state index >= 15 is 0 Å². The first-order chi connectivity index (χ1) is 15.0. The van der Waals surface area contributed by atoms with Gasteiger partial charge in [-0.05, 0) is 44.9 Å². The van der Waals surface area contributed by atoms with Gasteiger partial charge in [0.15, 0.2) is 5.82 Å². The average Bonchev–Trinajstić information content (AvgIpc) is 3.37. The molecule has 2 heterocycles. The maximum Gasteiger partial charge on any atom is 0.407 e. The summed E-state index contributed by atoms with van der Waals surface area (Å²) in [4.78, 5) is 21.5. The summed E-state index contributed by atoms with van der Waals surface area (Å²) >= 11 is 0. The number of hydrogen-bond acceptors (Lipinski definition) is 6. The highest BCUT2D eigenvalue weighted by atomic mass is 32.2. The van der Waals surface area contributed by atoms with Crippen LogP contribution in [0.5, 0.6) is 0 Å². The highest BCUT2D eigenvalue weighted by Gasteiger charge is 2.60. The zero-order chi connectivity index (χ0) is 23.3. The van der Waals surface area contributed by atoms with E-state index in [1.54, 1.807) is 6.92 Å². The molecule has 4 rings (SSSR count). The molecule has 178 valence electrons. The minimum atomic E-state index is -3.71. The van der Waals surface area contributed by atoms with Crippen molar-refractivity contribution in [2.45, 2.75) is 68.7 Å². The average molecular weight is 472 g/mol. The number of halogens is 1. The first-order valence-electron chi connectivity index (χ1n) is 10.8. The van der Waals surface area contributed by atoms with Crippen molar-refractivity contribution >= 4 is 16.3 Å². The van der Waals surface area contributed by atoms with Crippen LogP contribution in [0.15, 0.2) is 12.4 Å². The number of amides is 1. The smallest absolute Gasteiger partial charge is 0.407 e. The Morgan fingerprint density at radius 1 is 1.38 bits per heavy atom. The monoisotopic (exact) mass is 471 g/mol. The number of carbonyl (C=O) groups is 1. The topological polar surface area (TPSA) is 125 Å². The third-order valence-electron chi connectivity index (χ3n) is 7.15. The largest absolute Gasteiger partial charge is 0.465 e. The maximum atomic E-state index is 13.2. The molecule has 12 heteroatoms. The Bertz CT molecular complexity index is 962. The molecule has 1 aliphatic heterocycles. The number of ether oxygens (including phenoxy) is 1. The van der Waals surface area contributed by atoms with Gasteiger partial charge in [0.2, 0.25) is 0 Å². The van der Waals surface area contributed by atoms with Crippen LogP contribution in [0.2, 0.25) is 0 Å². The highest BCUT2D eigenvalue weighted by molar-refractivity contribution is 7.87. The summed E-state index contributed by atoms with van der Waals surface area (Å²) in [5.74, 6) is 0.586. The normalized spacial score (nSPS) is 34.5. The molecule has 3 fully saturated rings. The molecule has 1 amide bonds. The Hall–Kier alpha value is -1.89. The van der Waals surface area contributed by atoms with Crippen molar-refractivity contribution in [1.29, 1.82) is 0 Å². The minimum Gasteiger partial charge on any atom is -0.465 e. The second-order valence-corrected chi connectivity index (χ2v) is 11.3. The fourth-order valence-electron chi connectivity index (χ4n) is 5.30. The Labute approximate surface area is 187 Å². The van der Waals surface area contributed by atoms with Gasteiger partial charge in [0.1, 0.15) is 5.82 Å². The van der Waals surface area contributed by atoms with Gasteiger partial charge in [-0.25, -0.2) is 19.2 Å². The molecule has 2 aliphatic carbocycles. The molecule has 1 saturated heterocycles. The van der Waals surface area contributed by atoms with E-state index in [4.69, 9.17) is 4.74 Å². The van der Waals surface area contributed by atoms with Gasteiger partial charge < -0.3 is 9.84 Å². The van der Waals surface area contributed by atoms with Crippen molar-refractivity contribution in [3.05, 3.63) is 24.0 Å². The van der Waals surface area contributed by atoms with E-state index in [2.05, 4.69) is 14.7 Å². The van der Waals surface area contributed by atoms with Crippen molar-refractivity contribution in [3.8, 4) is 0 Å². The van der Waals surface area contributed by atoms with E-state index in [1.807, 2.05) is 0 Å². The third kappa shape index (κ3) is 4.33. The molecule has 1 aromatic rings. The lowest BCUT2D eigenvalue weighted by atomic mass is 9.86. The molecule has 32 heavy (non-hydrogen) atoms. The van der Waals surface area contributed by atoms with Crippen LogP contribution >= 0.6 is 0 Å². The van der Waals surface area contributed by atoms with Crippen LogP contribution in [-0.2, 0) is 20.4 Å². The van der Waals surface area contributed by atoms with E-state index in [0.717, 1.165) is 30.0 Å². The quantitative estimate of drug-likeness (QED) is 0.615. The van der Waals surface area contributed by atoms with Crippen LogP contribution in [0.25, 0.3) is 0 Å². The van der Waals surface area contributed by atoms with Crippen LogP contribution < -0.4 is 4.72 Å². The van der Waals surface area contributed by atoms with Gasteiger partial charge >= 0.3 is 6.09 Å². The van der Waals surface area contributed by atoms with Crippen molar-refractivity contribution < 1.29 is 27.4 Å². The lowest BCUT2D eigenvalue weighted by Gasteiger charge is -2.32. The molecule has 0 spiro atoms. The van der Waals surface area contributed by atoms with Gasteiger partial charge in [-0.2, -0.15) is 17.4 Å². The zero-order valence-corrected chi connectivity index (χ0v) is 19.3. The van der Waals surface area contributed by atoms with E-state index in [9.17, 15) is 22.7 Å². The molecule has 0 radical (unpaired) electrons. The number of likely N-dealkylation sites (tertiary alicyclic amines) is 1. The molecule has 1 aromatic heterocycles. The third-order valence-corrected chi connectivity index (χ3v) is 8.72. The van der Waals surface area contributed by atoms with Crippen LogP contribution in [0, 0.1) is 11.7 Å². The van der Waals surface area contributed by atoms with E-state index in [1.165, 1.54) is 31.4 Å².